The molecule has 0 radical (unpaired) electrons. The van der Waals surface area contributed by atoms with Crippen molar-refractivity contribution in [2.75, 3.05) is 17.2 Å². The molecule has 3 aromatic rings. The SMILES string of the molecule is Cc1ccc(NC(=O)c2ccc(OCC(=O)Nc3ccccc3C(F)(F)F)cc2)cc1. The van der Waals surface area contributed by atoms with E-state index in [0.29, 0.717) is 17.0 Å². The molecule has 0 spiro atoms. The van der Waals surface area contributed by atoms with Gasteiger partial charge in [-0.25, -0.2) is 0 Å². The first kappa shape index (κ1) is 21.9. The minimum absolute atomic E-state index is 0.297. The van der Waals surface area contributed by atoms with Crippen LogP contribution in [0.4, 0.5) is 24.5 Å². The highest BCUT2D eigenvalue weighted by atomic mass is 19.4. The molecule has 31 heavy (non-hydrogen) atoms. The molecule has 0 saturated heterocycles. The Balaban J connectivity index is 1.55. The second-order valence-corrected chi connectivity index (χ2v) is 6.72. The Hall–Kier alpha value is -3.81. The summed E-state index contributed by atoms with van der Waals surface area (Å²) in [6.45, 7) is 1.46. The third kappa shape index (κ3) is 6.08. The van der Waals surface area contributed by atoms with E-state index in [9.17, 15) is 22.8 Å². The van der Waals surface area contributed by atoms with Gasteiger partial charge in [-0.2, -0.15) is 13.2 Å². The van der Waals surface area contributed by atoms with E-state index < -0.39 is 24.3 Å². The number of carbonyl (C=O) groups excluding carboxylic acids is 2. The number of hydrogen-bond acceptors (Lipinski definition) is 3. The summed E-state index contributed by atoms with van der Waals surface area (Å²) in [5.41, 5.74) is 0.840. The average molecular weight is 428 g/mol. The van der Waals surface area contributed by atoms with E-state index in [1.165, 1.54) is 42.5 Å². The third-order valence-electron chi connectivity index (χ3n) is 4.30. The van der Waals surface area contributed by atoms with Crippen LogP contribution in [0.5, 0.6) is 5.75 Å². The number of aryl methyl sites for hydroxylation is 1. The van der Waals surface area contributed by atoms with Gasteiger partial charge in [-0.15, -0.1) is 0 Å². The van der Waals surface area contributed by atoms with Crippen molar-refractivity contribution < 1.29 is 27.5 Å². The van der Waals surface area contributed by atoms with Crippen molar-refractivity contribution in [1.82, 2.24) is 0 Å². The first-order valence-corrected chi connectivity index (χ1v) is 9.29. The zero-order valence-electron chi connectivity index (χ0n) is 16.5. The molecule has 0 aliphatic rings. The van der Waals surface area contributed by atoms with Gasteiger partial charge >= 0.3 is 6.18 Å². The van der Waals surface area contributed by atoms with E-state index in [4.69, 9.17) is 4.74 Å². The summed E-state index contributed by atoms with van der Waals surface area (Å²) in [5, 5.41) is 4.96. The molecule has 0 aliphatic carbocycles. The zero-order valence-corrected chi connectivity index (χ0v) is 16.5. The first-order chi connectivity index (χ1) is 14.7. The lowest BCUT2D eigenvalue weighted by atomic mass is 10.1. The van der Waals surface area contributed by atoms with E-state index in [2.05, 4.69) is 10.6 Å². The summed E-state index contributed by atoms with van der Waals surface area (Å²) in [6.07, 6.45) is -4.58. The van der Waals surface area contributed by atoms with E-state index >= 15 is 0 Å². The van der Waals surface area contributed by atoms with Gasteiger partial charge in [-0.05, 0) is 55.5 Å². The Kier molecular flexibility index (Phi) is 6.59. The van der Waals surface area contributed by atoms with Gasteiger partial charge in [0.1, 0.15) is 5.75 Å². The van der Waals surface area contributed by atoms with Crippen molar-refractivity contribution in [1.29, 1.82) is 0 Å². The van der Waals surface area contributed by atoms with Crippen molar-refractivity contribution in [2.24, 2.45) is 0 Å². The number of anilines is 2. The molecule has 160 valence electrons. The van der Waals surface area contributed by atoms with E-state index in [1.807, 2.05) is 19.1 Å². The van der Waals surface area contributed by atoms with Crippen molar-refractivity contribution in [3.05, 3.63) is 89.5 Å². The van der Waals surface area contributed by atoms with E-state index in [-0.39, 0.29) is 11.6 Å². The standard InChI is InChI=1S/C23H19F3N2O3/c1-15-6-10-17(11-7-15)27-22(30)16-8-12-18(13-9-16)31-14-21(29)28-20-5-3-2-4-19(20)23(24,25)26/h2-13H,14H2,1H3,(H,27,30)(H,28,29). The maximum absolute atomic E-state index is 13.0. The summed E-state index contributed by atoms with van der Waals surface area (Å²) in [7, 11) is 0. The molecule has 0 aromatic heterocycles. The average Bonchev–Trinajstić information content (AvgIpc) is 2.74. The monoisotopic (exact) mass is 428 g/mol. The first-order valence-electron chi connectivity index (χ1n) is 9.29. The molecule has 0 atom stereocenters. The number of amides is 2. The number of hydrogen-bond donors (Lipinski definition) is 2. The maximum Gasteiger partial charge on any atom is 0.418 e. The van der Waals surface area contributed by atoms with Gasteiger partial charge in [-0.1, -0.05) is 29.8 Å². The van der Waals surface area contributed by atoms with Gasteiger partial charge in [0, 0.05) is 11.3 Å². The van der Waals surface area contributed by atoms with Crippen LogP contribution in [0.2, 0.25) is 0 Å². The van der Waals surface area contributed by atoms with E-state index in [0.717, 1.165) is 11.6 Å². The second kappa shape index (κ2) is 9.34. The number of rotatable bonds is 6. The fraction of sp³-hybridized carbons (Fsp3) is 0.130. The van der Waals surface area contributed by atoms with Gasteiger partial charge in [0.25, 0.3) is 11.8 Å². The van der Waals surface area contributed by atoms with Crippen LogP contribution in [0.25, 0.3) is 0 Å². The Labute approximate surface area is 176 Å². The molecular weight excluding hydrogens is 409 g/mol. The molecule has 0 saturated carbocycles. The minimum atomic E-state index is -4.58. The highest BCUT2D eigenvalue weighted by Crippen LogP contribution is 2.34. The number of para-hydroxylation sites is 1. The highest BCUT2D eigenvalue weighted by Gasteiger charge is 2.33. The number of nitrogens with one attached hydrogen (secondary N) is 2. The number of ether oxygens (including phenoxy) is 1. The Morgan fingerprint density at radius 1 is 0.871 bits per heavy atom. The van der Waals surface area contributed by atoms with Gasteiger partial charge in [0.05, 0.1) is 11.3 Å². The largest absolute Gasteiger partial charge is 0.484 e. The van der Waals surface area contributed by atoms with Crippen molar-refractivity contribution in [2.45, 2.75) is 13.1 Å². The molecule has 0 aliphatic heterocycles. The summed E-state index contributed by atoms with van der Waals surface area (Å²) >= 11 is 0. The molecule has 0 unspecified atom stereocenters. The predicted molar refractivity (Wildman–Crippen MR) is 111 cm³/mol. The lowest BCUT2D eigenvalue weighted by molar-refractivity contribution is -0.137. The van der Waals surface area contributed by atoms with Gasteiger partial charge < -0.3 is 15.4 Å². The third-order valence-corrected chi connectivity index (χ3v) is 4.30. The van der Waals surface area contributed by atoms with Crippen LogP contribution in [-0.4, -0.2) is 18.4 Å². The van der Waals surface area contributed by atoms with Crippen LogP contribution >= 0.6 is 0 Å². The van der Waals surface area contributed by atoms with Crippen LogP contribution in [0.1, 0.15) is 21.5 Å². The summed E-state index contributed by atoms with van der Waals surface area (Å²) < 4.78 is 44.3. The normalized spacial score (nSPS) is 11.0. The van der Waals surface area contributed by atoms with Crippen LogP contribution in [0.3, 0.4) is 0 Å². The molecule has 0 bridgehead atoms. The van der Waals surface area contributed by atoms with Crippen LogP contribution in [0, 0.1) is 6.92 Å². The maximum atomic E-state index is 13.0. The molecule has 2 amide bonds. The minimum Gasteiger partial charge on any atom is -0.484 e. The zero-order chi connectivity index (χ0) is 22.4. The lowest BCUT2D eigenvalue weighted by Gasteiger charge is -2.14. The molecule has 3 aromatic carbocycles. The van der Waals surface area contributed by atoms with Crippen LogP contribution in [-0.2, 0) is 11.0 Å². The highest BCUT2D eigenvalue weighted by molar-refractivity contribution is 6.04. The molecule has 8 heteroatoms. The number of halogens is 3. The Morgan fingerprint density at radius 2 is 1.52 bits per heavy atom. The molecule has 2 N–H and O–H groups in total. The van der Waals surface area contributed by atoms with Gasteiger partial charge in [0.2, 0.25) is 0 Å². The Morgan fingerprint density at radius 3 is 2.16 bits per heavy atom. The quantitative estimate of drug-likeness (QED) is 0.561. The summed E-state index contributed by atoms with van der Waals surface area (Å²) in [6, 6.07) is 18.1. The fourth-order valence-corrected chi connectivity index (χ4v) is 2.72. The van der Waals surface area contributed by atoms with E-state index in [1.54, 1.807) is 12.1 Å². The van der Waals surface area contributed by atoms with Crippen molar-refractivity contribution >= 4 is 23.2 Å². The molecule has 3 rings (SSSR count). The van der Waals surface area contributed by atoms with Gasteiger partial charge in [0.15, 0.2) is 6.61 Å². The summed E-state index contributed by atoms with van der Waals surface area (Å²) in [4.78, 5) is 24.3. The van der Waals surface area contributed by atoms with Crippen LogP contribution < -0.4 is 15.4 Å². The predicted octanol–water partition coefficient (Wildman–Crippen LogP) is 5.28. The number of carbonyl (C=O) groups is 2. The topological polar surface area (TPSA) is 67.4 Å². The lowest BCUT2D eigenvalue weighted by Crippen LogP contribution is -2.22. The van der Waals surface area contributed by atoms with Gasteiger partial charge in [-0.3, -0.25) is 9.59 Å². The summed E-state index contributed by atoms with van der Waals surface area (Å²) in [5.74, 6) is -0.749. The van der Waals surface area contributed by atoms with Crippen LogP contribution in [0.15, 0.2) is 72.8 Å². The number of alkyl halides is 3. The molecule has 0 fully saturated rings. The second-order valence-electron chi connectivity index (χ2n) is 6.72. The van der Waals surface area contributed by atoms with Crippen molar-refractivity contribution in [3.63, 3.8) is 0 Å². The van der Waals surface area contributed by atoms with Crippen molar-refractivity contribution in [3.8, 4) is 5.75 Å². The molecular formula is C23H19F3N2O3. The smallest absolute Gasteiger partial charge is 0.418 e. The Bertz CT molecular complexity index is 1060. The molecule has 0 heterocycles. The number of benzene rings is 3. The molecule has 5 nitrogen and oxygen atoms in total. The fourth-order valence-electron chi connectivity index (χ4n) is 2.72.